The van der Waals surface area contributed by atoms with Gasteiger partial charge in [0.15, 0.2) is 0 Å². The molecule has 0 fully saturated rings. The molecule has 0 saturated carbocycles. The number of carboxylic acids is 1. The standard InChI is InChI=1S/C15H11Cl2NO3/c16-12-5-11(14(19)13(17)6-12)8-18-7-9-1-3-10(4-2-9)15(20)21/h1-6,8,19H,7H2,(H,20,21). The lowest BCUT2D eigenvalue weighted by Gasteiger charge is -2.02. The predicted octanol–water partition coefficient (Wildman–Crippen LogP) is 4.02. The molecular formula is C15H11Cl2NO3. The topological polar surface area (TPSA) is 69.9 Å². The third kappa shape index (κ3) is 3.97. The molecule has 0 unspecified atom stereocenters. The van der Waals surface area contributed by atoms with E-state index in [1.807, 2.05) is 0 Å². The molecule has 0 bridgehead atoms. The molecule has 108 valence electrons. The number of phenolic OH excluding ortho intramolecular Hbond substituents is 1. The Labute approximate surface area is 131 Å². The number of aromatic hydroxyl groups is 1. The summed E-state index contributed by atoms with van der Waals surface area (Å²) in [4.78, 5) is 14.9. The molecule has 0 radical (unpaired) electrons. The van der Waals surface area contributed by atoms with Crippen molar-refractivity contribution in [3.05, 3.63) is 63.1 Å². The summed E-state index contributed by atoms with van der Waals surface area (Å²) in [6, 6.07) is 9.40. The van der Waals surface area contributed by atoms with Crippen molar-refractivity contribution in [2.45, 2.75) is 6.54 Å². The van der Waals surface area contributed by atoms with E-state index in [0.29, 0.717) is 17.1 Å². The van der Waals surface area contributed by atoms with Crippen LogP contribution < -0.4 is 0 Å². The molecule has 0 spiro atoms. The first-order chi connectivity index (χ1) is 9.97. The van der Waals surface area contributed by atoms with Gasteiger partial charge in [-0.05, 0) is 29.8 Å². The fourth-order valence-corrected chi connectivity index (χ4v) is 2.20. The van der Waals surface area contributed by atoms with Crippen LogP contribution in [-0.2, 0) is 6.54 Å². The number of hydrogen-bond donors (Lipinski definition) is 2. The largest absolute Gasteiger partial charge is 0.506 e. The molecule has 2 aromatic rings. The summed E-state index contributed by atoms with van der Waals surface area (Å²) in [5, 5.41) is 19.1. The van der Waals surface area contributed by atoms with Gasteiger partial charge in [-0.1, -0.05) is 35.3 Å². The number of benzene rings is 2. The zero-order valence-electron chi connectivity index (χ0n) is 10.8. The number of hydrogen-bond acceptors (Lipinski definition) is 3. The van der Waals surface area contributed by atoms with Gasteiger partial charge in [0, 0.05) is 16.8 Å². The Morgan fingerprint density at radius 2 is 1.86 bits per heavy atom. The Kier molecular flexibility index (Phi) is 4.83. The summed E-state index contributed by atoms with van der Waals surface area (Å²) >= 11 is 11.7. The van der Waals surface area contributed by atoms with Gasteiger partial charge in [-0.25, -0.2) is 4.79 Å². The number of aromatic carboxylic acids is 1. The Morgan fingerprint density at radius 1 is 1.19 bits per heavy atom. The van der Waals surface area contributed by atoms with Crippen LogP contribution in [-0.4, -0.2) is 22.4 Å². The minimum Gasteiger partial charge on any atom is -0.506 e. The van der Waals surface area contributed by atoms with Crippen LogP contribution in [0.15, 0.2) is 41.4 Å². The predicted molar refractivity (Wildman–Crippen MR) is 82.8 cm³/mol. The first-order valence-corrected chi connectivity index (χ1v) is 6.73. The summed E-state index contributed by atoms with van der Waals surface area (Å²) in [7, 11) is 0. The van der Waals surface area contributed by atoms with E-state index in [1.165, 1.54) is 24.4 Å². The van der Waals surface area contributed by atoms with E-state index in [-0.39, 0.29) is 16.3 Å². The van der Waals surface area contributed by atoms with E-state index in [2.05, 4.69) is 4.99 Å². The van der Waals surface area contributed by atoms with Crippen molar-refractivity contribution in [3.63, 3.8) is 0 Å². The minimum absolute atomic E-state index is 0.0777. The maximum atomic E-state index is 10.7. The third-order valence-corrected chi connectivity index (χ3v) is 3.27. The van der Waals surface area contributed by atoms with Crippen molar-refractivity contribution in [2.75, 3.05) is 0 Å². The minimum atomic E-state index is -0.969. The first-order valence-electron chi connectivity index (χ1n) is 5.97. The monoisotopic (exact) mass is 323 g/mol. The van der Waals surface area contributed by atoms with Crippen LogP contribution in [0.2, 0.25) is 10.0 Å². The molecule has 21 heavy (non-hydrogen) atoms. The summed E-state index contributed by atoms with van der Waals surface area (Å²) in [6.45, 7) is 0.351. The second-order valence-corrected chi connectivity index (χ2v) is 5.14. The second-order valence-electron chi connectivity index (χ2n) is 4.30. The lowest BCUT2D eigenvalue weighted by molar-refractivity contribution is 0.0697. The molecule has 0 aliphatic carbocycles. The highest BCUT2D eigenvalue weighted by atomic mass is 35.5. The van der Waals surface area contributed by atoms with Crippen LogP contribution in [0.3, 0.4) is 0 Å². The van der Waals surface area contributed by atoms with Gasteiger partial charge in [0.05, 0.1) is 17.1 Å². The second kappa shape index (κ2) is 6.61. The SMILES string of the molecule is O=C(O)c1ccc(CN=Cc2cc(Cl)cc(Cl)c2O)cc1. The van der Waals surface area contributed by atoms with Crippen LogP contribution in [0.1, 0.15) is 21.5 Å². The summed E-state index contributed by atoms with van der Waals surface area (Å²) in [5.41, 5.74) is 1.50. The summed E-state index contributed by atoms with van der Waals surface area (Å²) in [6.07, 6.45) is 1.47. The molecule has 6 heteroatoms. The Bertz CT molecular complexity index is 697. The molecule has 0 amide bonds. The highest BCUT2D eigenvalue weighted by Gasteiger charge is 2.06. The third-order valence-electron chi connectivity index (χ3n) is 2.76. The Morgan fingerprint density at radius 3 is 2.48 bits per heavy atom. The lowest BCUT2D eigenvalue weighted by atomic mass is 10.1. The zero-order valence-corrected chi connectivity index (χ0v) is 12.3. The van der Waals surface area contributed by atoms with Gasteiger partial charge in [0.1, 0.15) is 5.75 Å². The van der Waals surface area contributed by atoms with Crippen molar-refractivity contribution in [1.29, 1.82) is 0 Å². The van der Waals surface area contributed by atoms with Crippen LogP contribution in [0.25, 0.3) is 0 Å². The highest BCUT2D eigenvalue weighted by molar-refractivity contribution is 6.36. The maximum Gasteiger partial charge on any atom is 0.335 e. The molecule has 0 heterocycles. The van der Waals surface area contributed by atoms with Crippen molar-refractivity contribution in [2.24, 2.45) is 4.99 Å². The number of carbonyl (C=O) groups is 1. The van der Waals surface area contributed by atoms with E-state index in [9.17, 15) is 9.90 Å². The van der Waals surface area contributed by atoms with E-state index in [1.54, 1.807) is 18.2 Å². The molecule has 2 aromatic carbocycles. The number of nitrogens with zero attached hydrogens (tertiary/aromatic N) is 1. The van der Waals surface area contributed by atoms with Gasteiger partial charge in [-0.3, -0.25) is 4.99 Å². The van der Waals surface area contributed by atoms with E-state index in [0.717, 1.165) is 5.56 Å². The molecule has 2 rings (SSSR count). The highest BCUT2D eigenvalue weighted by Crippen LogP contribution is 2.30. The maximum absolute atomic E-state index is 10.7. The van der Waals surface area contributed by atoms with Gasteiger partial charge in [-0.2, -0.15) is 0 Å². The van der Waals surface area contributed by atoms with Crippen LogP contribution >= 0.6 is 23.2 Å². The van der Waals surface area contributed by atoms with Crippen LogP contribution in [0, 0.1) is 0 Å². The van der Waals surface area contributed by atoms with Gasteiger partial charge >= 0.3 is 5.97 Å². The molecule has 2 N–H and O–H groups in total. The van der Waals surface area contributed by atoms with Gasteiger partial charge in [-0.15, -0.1) is 0 Å². The lowest BCUT2D eigenvalue weighted by Crippen LogP contribution is -1.95. The zero-order chi connectivity index (χ0) is 15.4. The molecule has 4 nitrogen and oxygen atoms in total. The fraction of sp³-hybridized carbons (Fsp3) is 0.0667. The van der Waals surface area contributed by atoms with Crippen molar-refractivity contribution >= 4 is 35.4 Å². The van der Waals surface area contributed by atoms with Crippen molar-refractivity contribution in [3.8, 4) is 5.75 Å². The first kappa shape index (κ1) is 15.4. The summed E-state index contributed by atoms with van der Waals surface area (Å²) in [5.74, 6) is -1.05. The number of rotatable bonds is 4. The van der Waals surface area contributed by atoms with Crippen molar-refractivity contribution < 1.29 is 15.0 Å². The van der Waals surface area contributed by atoms with Crippen LogP contribution in [0.5, 0.6) is 5.75 Å². The molecular weight excluding hydrogens is 313 g/mol. The Hall–Kier alpha value is -2.04. The molecule has 0 atom stereocenters. The van der Waals surface area contributed by atoms with Gasteiger partial charge in [0.25, 0.3) is 0 Å². The Balaban J connectivity index is 2.10. The molecule has 0 aliphatic rings. The molecule has 0 aliphatic heterocycles. The number of aliphatic imine (C=N–C) groups is 1. The number of halogens is 2. The van der Waals surface area contributed by atoms with Crippen molar-refractivity contribution in [1.82, 2.24) is 0 Å². The average Bonchev–Trinajstić information content (AvgIpc) is 2.44. The normalized spacial score (nSPS) is 11.0. The van der Waals surface area contributed by atoms with Gasteiger partial charge in [0.2, 0.25) is 0 Å². The van der Waals surface area contributed by atoms with Crippen LogP contribution in [0.4, 0.5) is 0 Å². The quantitative estimate of drug-likeness (QED) is 0.835. The average molecular weight is 324 g/mol. The smallest absolute Gasteiger partial charge is 0.335 e. The fourth-order valence-electron chi connectivity index (χ4n) is 1.69. The number of phenols is 1. The van der Waals surface area contributed by atoms with E-state index >= 15 is 0 Å². The van der Waals surface area contributed by atoms with Gasteiger partial charge < -0.3 is 10.2 Å². The van der Waals surface area contributed by atoms with E-state index in [4.69, 9.17) is 28.3 Å². The molecule has 0 saturated heterocycles. The summed E-state index contributed by atoms with van der Waals surface area (Å²) < 4.78 is 0. The van der Waals surface area contributed by atoms with E-state index < -0.39 is 5.97 Å². The molecule has 0 aromatic heterocycles. The number of carboxylic acid groups (broad SMARTS) is 1.